The molecule has 102 valence electrons. The smallest absolute Gasteiger partial charge is 0.224 e. The first kappa shape index (κ1) is 15.2. The van der Waals surface area contributed by atoms with Gasteiger partial charge in [0.1, 0.15) is 5.82 Å². The number of anilines is 2. The summed E-state index contributed by atoms with van der Waals surface area (Å²) >= 11 is 3.43. The maximum Gasteiger partial charge on any atom is 0.224 e. The summed E-state index contributed by atoms with van der Waals surface area (Å²) < 4.78 is 6.29. The summed E-state index contributed by atoms with van der Waals surface area (Å²) in [6.45, 7) is 7.39. The molecule has 0 bridgehead atoms. The van der Waals surface area contributed by atoms with Gasteiger partial charge in [0.2, 0.25) is 5.95 Å². The van der Waals surface area contributed by atoms with Gasteiger partial charge in [-0.2, -0.15) is 4.98 Å². The van der Waals surface area contributed by atoms with Crippen molar-refractivity contribution >= 4 is 27.7 Å². The maximum absolute atomic E-state index is 5.42. The minimum Gasteiger partial charge on any atom is -0.381 e. The second kappa shape index (κ2) is 9.10. The van der Waals surface area contributed by atoms with Gasteiger partial charge in [-0.25, -0.2) is 4.98 Å². The Kier molecular flexibility index (Phi) is 7.68. The van der Waals surface area contributed by atoms with E-state index in [4.69, 9.17) is 4.74 Å². The highest BCUT2D eigenvalue weighted by Gasteiger charge is 2.03. The van der Waals surface area contributed by atoms with E-state index in [0.29, 0.717) is 5.95 Å². The molecule has 0 aliphatic rings. The molecule has 0 aliphatic carbocycles. The van der Waals surface area contributed by atoms with Crippen LogP contribution in [0.25, 0.3) is 0 Å². The number of nitrogens with one attached hydrogen (secondary N) is 2. The molecule has 6 heteroatoms. The van der Waals surface area contributed by atoms with Crippen LogP contribution in [0.15, 0.2) is 10.7 Å². The van der Waals surface area contributed by atoms with E-state index in [1.165, 1.54) is 0 Å². The highest BCUT2D eigenvalue weighted by atomic mass is 79.9. The van der Waals surface area contributed by atoms with Crippen molar-refractivity contribution in [3.8, 4) is 0 Å². The third-order valence-corrected chi connectivity index (χ3v) is 2.77. The number of halogens is 1. The second-order valence-electron chi connectivity index (χ2n) is 3.81. The van der Waals surface area contributed by atoms with Gasteiger partial charge >= 0.3 is 0 Å². The molecule has 2 N–H and O–H groups in total. The van der Waals surface area contributed by atoms with Crippen LogP contribution in [-0.4, -0.2) is 36.3 Å². The summed E-state index contributed by atoms with van der Waals surface area (Å²) in [4.78, 5) is 8.54. The van der Waals surface area contributed by atoms with Crippen LogP contribution in [0.5, 0.6) is 0 Å². The van der Waals surface area contributed by atoms with Crippen molar-refractivity contribution in [2.75, 3.05) is 36.9 Å². The molecule has 18 heavy (non-hydrogen) atoms. The molecule has 5 nitrogen and oxygen atoms in total. The first-order valence-electron chi connectivity index (χ1n) is 6.36. The van der Waals surface area contributed by atoms with Gasteiger partial charge in [-0.1, -0.05) is 6.92 Å². The number of hydrogen-bond donors (Lipinski definition) is 2. The Morgan fingerprint density at radius 3 is 2.83 bits per heavy atom. The molecule has 1 rings (SSSR count). The molecule has 1 aromatic heterocycles. The van der Waals surface area contributed by atoms with Gasteiger partial charge in [-0.3, -0.25) is 0 Å². The van der Waals surface area contributed by atoms with Gasteiger partial charge < -0.3 is 15.4 Å². The predicted molar refractivity (Wildman–Crippen MR) is 78.1 cm³/mol. The molecule has 0 saturated carbocycles. The van der Waals surface area contributed by atoms with Crippen LogP contribution < -0.4 is 10.6 Å². The lowest BCUT2D eigenvalue weighted by atomic mass is 10.4. The monoisotopic (exact) mass is 316 g/mol. The van der Waals surface area contributed by atoms with Gasteiger partial charge in [-0.15, -0.1) is 0 Å². The van der Waals surface area contributed by atoms with Crippen molar-refractivity contribution in [2.45, 2.75) is 26.7 Å². The molecule has 0 aromatic carbocycles. The Balaban J connectivity index is 2.34. The van der Waals surface area contributed by atoms with Crippen LogP contribution in [0.2, 0.25) is 0 Å². The zero-order valence-electron chi connectivity index (χ0n) is 11.0. The highest BCUT2D eigenvalue weighted by Crippen LogP contribution is 2.19. The Morgan fingerprint density at radius 2 is 2.11 bits per heavy atom. The quantitative estimate of drug-likeness (QED) is 0.686. The van der Waals surface area contributed by atoms with Gasteiger partial charge in [-0.05, 0) is 35.7 Å². The minimum atomic E-state index is 0.644. The molecule has 0 unspecified atom stereocenters. The molecule has 0 amide bonds. The molecular formula is C12H21BrN4O. The van der Waals surface area contributed by atoms with E-state index < -0.39 is 0 Å². The largest absolute Gasteiger partial charge is 0.381 e. The fourth-order valence-electron chi connectivity index (χ4n) is 1.36. The molecule has 0 atom stereocenters. The number of aromatic nitrogens is 2. The van der Waals surface area contributed by atoms with Gasteiger partial charge in [0, 0.05) is 32.5 Å². The molecular weight excluding hydrogens is 296 g/mol. The first-order chi connectivity index (χ1) is 8.77. The lowest BCUT2D eigenvalue weighted by Crippen LogP contribution is -2.10. The van der Waals surface area contributed by atoms with Crippen molar-refractivity contribution in [3.05, 3.63) is 10.7 Å². The SMILES string of the molecule is CCCOCCCNc1nc(NCC)ncc1Br. The van der Waals surface area contributed by atoms with E-state index in [2.05, 4.69) is 43.5 Å². The predicted octanol–water partition coefficient (Wildman–Crippen LogP) is 2.90. The van der Waals surface area contributed by atoms with E-state index in [0.717, 1.165) is 49.4 Å². The van der Waals surface area contributed by atoms with E-state index in [9.17, 15) is 0 Å². The standard InChI is InChI=1S/C12H21BrN4O/c1-3-7-18-8-5-6-15-11-10(13)9-16-12(17-11)14-4-2/h9H,3-8H2,1-2H3,(H2,14,15,16,17). The molecule has 0 fully saturated rings. The van der Waals surface area contributed by atoms with Crippen LogP contribution in [0.1, 0.15) is 26.7 Å². The summed E-state index contributed by atoms with van der Waals surface area (Å²) in [6, 6.07) is 0. The van der Waals surface area contributed by atoms with Crippen molar-refractivity contribution in [3.63, 3.8) is 0 Å². The van der Waals surface area contributed by atoms with Crippen molar-refractivity contribution in [1.29, 1.82) is 0 Å². The zero-order valence-corrected chi connectivity index (χ0v) is 12.6. The van der Waals surface area contributed by atoms with E-state index >= 15 is 0 Å². The highest BCUT2D eigenvalue weighted by molar-refractivity contribution is 9.10. The van der Waals surface area contributed by atoms with Gasteiger partial charge in [0.05, 0.1) is 4.47 Å². The normalized spacial score (nSPS) is 10.4. The van der Waals surface area contributed by atoms with Crippen LogP contribution in [0, 0.1) is 0 Å². The number of ether oxygens (including phenoxy) is 1. The zero-order chi connectivity index (χ0) is 13.2. The van der Waals surface area contributed by atoms with Crippen molar-refractivity contribution in [2.24, 2.45) is 0 Å². The summed E-state index contributed by atoms with van der Waals surface area (Å²) in [5.74, 6) is 1.46. The summed E-state index contributed by atoms with van der Waals surface area (Å²) in [5.41, 5.74) is 0. The van der Waals surface area contributed by atoms with Crippen molar-refractivity contribution in [1.82, 2.24) is 9.97 Å². The lowest BCUT2D eigenvalue weighted by Gasteiger charge is -2.09. The average Bonchev–Trinajstić information content (AvgIpc) is 2.37. The second-order valence-corrected chi connectivity index (χ2v) is 4.67. The van der Waals surface area contributed by atoms with Crippen molar-refractivity contribution < 1.29 is 4.74 Å². The third-order valence-electron chi connectivity index (χ3n) is 2.19. The van der Waals surface area contributed by atoms with E-state index in [1.54, 1.807) is 6.20 Å². The van der Waals surface area contributed by atoms with E-state index in [1.807, 2.05) is 6.92 Å². The molecule has 0 aliphatic heterocycles. The number of nitrogens with zero attached hydrogens (tertiary/aromatic N) is 2. The fraction of sp³-hybridized carbons (Fsp3) is 0.667. The molecule has 0 spiro atoms. The summed E-state index contributed by atoms with van der Waals surface area (Å²) in [5, 5.41) is 6.36. The minimum absolute atomic E-state index is 0.644. The molecule has 1 heterocycles. The van der Waals surface area contributed by atoms with Crippen LogP contribution in [0.4, 0.5) is 11.8 Å². The lowest BCUT2D eigenvalue weighted by molar-refractivity contribution is 0.134. The third kappa shape index (κ3) is 5.64. The summed E-state index contributed by atoms with van der Waals surface area (Å²) in [7, 11) is 0. The first-order valence-corrected chi connectivity index (χ1v) is 7.15. The topological polar surface area (TPSA) is 59.1 Å². The Hall–Kier alpha value is -0.880. The number of rotatable bonds is 9. The van der Waals surface area contributed by atoms with Crippen LogP contribution in [-0.2, 0) is 4.74 Å². The molecule has 0 radical (unpaired) electrons. The Bertz CT molecular complexity index is 349. The number of hydrogen-bond acceptors (Lipinski definition) is 5. The van der Waals surface area contributed by atoms with Crippen LogP contribution >= 0.6 is 15.9 Å². The summed E-state index contributed by atoms with van der Waals surface area (Å²) in [6.07, 6.45) is 3.78. The van der Waals surface area contributed by atoms with Gasteiger partial charge in [0.15, 0.2) is 0 Å². The van der Waals surface area contributed by atoms with Crippen LogP contribution in [0.3, 0.4) is 0 Å². The maximum atomic E-state index is 5.42. The Labute approximate surface area is 117 Å². The van der Waals surface area contributed by atoms with E-state index in [-0.39, 0.29) is 0 Å². The fourth-order valence-corrected chi connectivity index (χ4v) is 1.69. The molecule has 0 saturated heterocycles. The molecule has 1 aromatic rings. The van der Waals surface area contributed by atoms with Gasteiger partial charge in [0.25, 0.3) is 0 Å². The average molecular weight is 317 g/mol. The Morgan fingerprint density at radius 1 is 1.28 bits per heavy atom.